The van der Waals surface area contributed by atoms with Crippen molar-refractivity contribution >= 4 is 141 Å². The van der Waals surface area contributed by atoms with Gasteiger partial charge in [0.05, 0.1) is 81.2 Å². The Bertz CT molecular complexity index is 5110. The first-order valence-electron chi connectivity index (χ1n) is 41.5. The number of likely N-dealkylation sites (N-methyl/N-ethyl adjacent to an activating group) is 2. The summed E-state index contributed by atoms with van der Waals surface area (Å²) in [6.07, 6.45) is 14.0. The molecule has 3 aromatic heterocycles. The van der Waals surface area contributed by atoms with E-state index in [9.17, 15) is 18.1 Å². The summed E-state index contributed by atoms with van der Waals surface area (Å²) in [5, 5.41) is 22.6. The highest BCUT2D eigenvalue weighted by Crippen LogP contribution is 2.45. The Kier molecular flexibility index (Phi) is 30.0. The van der Waals surface area contributed by atoms with Gasteiger partial charge in [-0.3, -0.25) is 14.7 Å². The van der Waals surface area contributed by atoms with Gasteiger partial charge >= 0.3 is 0 Å². The van der Waals surface area contributed by atoms with Crippen LogP contribution in [0.3, 0.4) is 0 Å². The zero-order valence-corrected chi connectivity index (χ0v) is 75.3. The number of anilines is 14. The van der Waals surface area contributed by atoms with Gasteiger partial charge in [-0.05, 0) is 196 Å². The van der Waals surface area contributed by atoms with E-state index in [1.807, 2.05) is 97.1 Å². The lowest BCUT2D eigenvalue weighted by atomic mass is 9.81. The molecule has 6 aromatic carbocycles. The molecule has 1 saturated carbocycles. The monoisotopic (exact) mass is 1730 g/mol. The number of ether oxygens (including phenoxy) is 4. The van der Waals surface area contributed by atoms with Crippen LogP contribution < -0.4 is 76.6 Å². The van der Waals surface area contributed by atoms with Gasteiger partial charge < -0.3 is 84.1 Å². The molecule has 1 aliphatic carbocycles. The maximum Gasteiger partial charge on any atom is 0.229 e. The number of rotatable bonds is 25. The number of alkyl halides is 1. The zero-order valence-electron chi connectivity index (χ0n) is 71.2. The number of halogens is 3. The number of nitrogens with one attached hydrogen (secondary N) is 6. The molecule has 1 unspecified atom stereocenters. The van der Waals surface area contributed by atoms with E-state index in [2.05, 4.69) is 141 Å². The highest BCUT2D eigenvalue weighted by Gasteiger charge is 2.34. The van der Waals surface area contributed by atoms with Gasteiger partial charge in [-0.25, -0.2) is 19.3 Å². The predicted octanol–water partition coefficient (Wildman–Crippen LogP) is 16.5. The molecule has 642 valence electrons. The van der Waals surface area contributed by atoms with E-state index in [1.54, 1.807) is 80.8 Å². The van der Waals surface area contributed by atoms with Crippen molar-refractivity contribution in [3.8, 4) is 23.0 Å². The largest absolute Gasteiger partial charge is 0.495 e. The third-order valence-corrected chi connectivity index (χ3v) is 28.8. The van der Waals surface area contributed by atoms with Crippen LogP contribution in [-0.4, -0.2) is 253 Å². The fraction of sp³-hybridized carbons (Fsp3) is 0.455. The first kappa shape index (κ1) is 88.9. The molecule has 1 atom stereocenters. The summed E-state index contributed by atoms with van der Waals surface area (Å²) in [7, 11) is 3.47. The van der Waals surface area contributed by atoms with E-state index < -0.39 is 27.6 Å². The first-order chi connectivity index (χ1) is 57.7. The molecule has 26 nitrogen and oxygen atoms in total. The van der Waals surface area contributed by atoms with Gasteiger partial charge in [0.2, 0.25) is 17.8 Å². The van der Waals surface area contributed by atoms with Crippen LogP contribution in [0.5, 0.6) is 23.0 Å². The molecule has 5 saturated heterocycles. The van der Waals surface area contributed by atoms with E-state index >= 15 is 0 Å². The van der Waals surface area contributed by atoms with Crippen LogP contribution in [0.15, 0.2) is 146 Å². The normalized spacial score (nSPS) is 18.9. The molecule has 9 aromatic rings. The second kappa shape index (κ2) is 40.4. The number of para-hydroxylation sites is 3. The topological polar surface area (TPSA) is 260 Å². The first-order valence-corrected chi connectivity index (χ1v) is 50.0. The van der Waals surface area contributed by atoms with Gasteiger partial charge in [0.1, 0.15) is 54.9 Å². The van der Waals surface area contributed by atoms with Gasteiger partial charge in [0, 0.05) is 149 Å². The summed E-state index contributed by atoms with van der Waals surface area (Å²) in [6, 6.07) is 43.0. The SMILES string of the molecule is COc1cc(C2CCC(N3CCN(C)CC3)CC2)ccc1Nc1ncc(Cl)c(Nc2ccccc2P(C)(C)=O)n1.COc1cc(N2CCC(N3CCC(F)C3)CC2)ccc1Nc1ncc(Cl)c(Nc2ccccc2P(C)(C)=O)n1.COc1cc(N2CCC(N3CCN(C)CC3)CC2)ccc1Nc1ncc(OC)c(Nc2ccccc2P(C)(C)=O)n1. The third kappa shape index (κ3) is 23.1. The highest BCUT2D eigenvalue weighted by atomic mass is 35.5. The molecule has 8 heterocycles. The van der Waals surface area contributed by atoms with E-state index in [0.29, 0.717) is 105 Å². The van der Waals surface area contributed by atoms with Crippen LogP contribution in [0.2, 0.25) is 10.0 Å². The number of hydrogen-bond donors (Lipinski definition) is 6. The van der Waals surface area contributed by atoms with Crippen LogP contribution in [0.25, 0.3) is 0 Å². The average Bonchev–Trinajstić information content (AvgIpc) is 1.63. The molecule has 15 rings (SSSR count). The average molecular weight is 1740 g/mol. The smallest absolute Gasteiger partial charge is 0.229 e. The van der Waals surface area contributed by atoms with Crippen molar-refractivity contribution < 1.29 is 37.0 Å². The number of hydrogen-bond acceptors (Lipinski definition) is 26. The second-order valence-corrected chi connectivity index (χ2v) is 43.3. The summed E-state index contributed by atoms with van der Waals surface area (Å²) in [5.41, 5.74) is 7.97. The minimum absolute atomic E-state index is 0.346. The van der Waals surface area contributed by atoms with Gasteiger partial charge in [0.25, 0.3) is 0 Å². The van der Waals surface area contributed by atoms with Crippen LogP contribution in [0.1, 0.15) is 69.3 Å². The summed E-state index contributed by atoms with van der Waals surface area (Å²) in [5.74, 6) is 5.63. The Labute approximate surface area is 716 Å². The Hall–Kier alpha value is -8.84. The lowest BCUT2D eigenvalue weighted by Crippen LogP contribution is -2.52. The number of benzene rings is 6. The second-order valence-electron chi connectivity index (χ2n) is 33.0. The lowest BCUT2D eigenvalue weighted by Gasteiger charge is -2.42. The van der Waals surface area contributed by atoms with Crippen LogP contribution in [-0.2, 0) is 13.7 Å². The zero-order chi connectivity index (χ0) is 84.8. The quantitative estimate of drug-likeness (QED) is 0.0291. The van der Waals surface area contributed by atoms with Gasteiger partial charge in [-0.2, -0.15) is 15.0 Å². The fourth-order valence-electron chi connectivity index (χ4n) is 16.8. The highest BCUT2D eigenvalue weighted by molar-refractivity contribution is 7.71. The van der Waals surface area contributed by atoms with Crippen molar-refractivity contribution in [2.45, 2.75) is 88.0 Å². The Morgan fingerprint density at radius 2 is 0.733 bits per heavy atom. The van der Waals surface area contributed by atoms with E-state index in [0.717, 1.165) is 120 Å². The van der Waals surface area contributed by atoms with Crippen LogP contribution >= 0.6 is 44.6 Å². The number of likely N-dealkylation sites (tertiary alicyclic amines) is 1. The van der Waals surface area contributed by atoms with Crippen molar-refractivity contribution in [1.29, 1.82) is 0 Å². The van der Waals surface area contributed by atoms with Gasteiger partial charge in [0.15, 0.2) is 23.2 Å². The lowest BCUT2D eigenvalue weighted by molar-refractivity contribution is 0.0878. The molecule has 32 heteroatoms. The minimum atomic E-state index is -2.52. The van der Waals surface area contributed by atoms with Crippen molar-refractivity contribution in [2.24, 2.45) is 0 Å². The number of methoxy groups -OCH3 is 4. The summed E-state index contributed by atoms with van der Waals surface area (Å²) >= 11 is 12.8. The maximum absolute atomic E-state index is 13.6. The summed E-state index contributed by atoms with van der Waals surface area (Å²) in [4.78, 5) is 44.3. The number of nitrogens with zero attached hydrogens (tertiary/aromatic N) is 13. The summed E-state index contributed by atoms with van der Waals surface area (Å²) in [6.45, 7) is 25.2. The van der Waals surface area contributed by atoms with Crippen LogP contribution in [0, 0.1) is 0 Å². The van der Waals surface area contributed by atoms with Gasteiger partial charge in [-0.1, -0.05) is 65.7 Å². The Balaban J connectivity index is 0.000000156. The molecule has 6 fully saturated rings. The number of piperidine rings is 2. The van der Waals surface area contributed by atoms with E-state index in [-0.39, 0.29) is 0 Å². The third-order valence-electron chi connectivity index (χ3n) is 23.6. The van der Waals surface area contributed by atoms with Crippen molar-refractivity contribution in [3.63, 3.8) is 0 Å². The molecular formula is C88H117Cl2FN19O7P3. The molecule has 6 N–H and O–H groups in total. The molecule has 120 heavy (non-hydrogen) atoms. The van der Waals surface area contributed by atoms with E-state index in [1.165, 1.54) is 89.6 Å². The molecule has 0 spiro atoms. The Morgan fingerprint density at radius 1 is 0.375 bits per heavy atom. The number of aromatic nitrogens is 6. The maximum atomic E-state index is 13.6. The van der Waals surface area contributed by atoms with Crippen molar-refractivity contribution in [3.05, 3.63) is 162 Å². The predicted molar refractivity (Wildman–Crippen MR) is 493 cm³/mol. The van der Waals surface area contributed by atoms with Crippen molar-refractivity contribution in [1.82, 2.24) is 54.4 Å². The standard InChI is InChI=1S/C30H40ClN6O2P.C30H42N7O3P.C28H35ClFN6O2P/c1-36-15-17-37(18-16-36)23-12-9-21(10-13-23)22-11-14-25(27(19-22)39-2)34-30-32-20-24(31)29(35-30)33-26-7-5-6-8-28(26)40(3,4)38;1-35-16-18-37(19-17-35)22-12-14-36(15-13-22)23-10-11-24(26(20-23)39-2)33-30-31-21-27(40-3)29(34-30)32-25-8-6-7-9-28(25)41(4,5)38;1-38-25-16-21(35-14-11-20(12-15-35)36-13-10-19(30)18-36)8-9-23(25)33-28-31-17-22(29)27(34-28)32-24-6-4-5-7-26(24)39(2,3)37/h5-8,11,14,19-21,23H,9-10,12-13,15-18H2,1-4H3,(H2,32,33,34,35);6-11,20-22H,12-19H2,1-5H3,(H2,31,32,33,34);4-9,16-17,19-20H,10-15,18H2,1-3H3,(H2,31,32,33,34). The fourth-order valence-corrected chi connectivity index (χ4v) is 20.6. The molecule has 0 amide bonds. The molecule has 0 bridgehead atoms. The molecule has 0 radical (unpaired) electrons. The Morgan fingerprint density at radius 3 is 1.12 bits per heavy atom. The van der Waals surface area contributed by atoms with E-state index in [4.69, 9.17) is 42.1 Å². The molecule has 5 aliphatic heterocycles. The minimum Gasteiger partial charge on any atom is -0.495 e. The van der Waals surface area contributed by atoms with Crippen molar-refractivity contribution in [2.75, 3.05) is 216 Å². The molecule has 6 aliphatic rings. The van der Waals surface area contributed by atoms with Crippen LogP contribution in [0.4, 0.5) is 85.2 Å². The summed E-state index contributed by atoms with van der Waals surface area (Å²) < 4.78 is 74.8. The molecular weight excluding hydrogens is 1620 g/mol. The van der Waals surface area contributed by atoms with Gasteiger partial charge in [-0.15, -0.1) is 0 Å². The number of piperazine rings is 2.